The van der Waals surface area contributed by atoms with Crippen LogP contribution in [0.15, 0.2) is 11.1 Å². The largest absolute Gasteiger partial charge is 0.394 e. The highest BCUT2D eigenvalue weighted by Crippen LogP contribution is 2.30. The average molecular weight is 353 g/mol. The molecule has 3 heterocycles. The number of carbonyl (C=O) groups excluding carboxylic acids is 1. The van der Waals surface area contributed by atoms with Gasteiger partial charge in [-0.2, -0.15) is 4.98 Å². The van der Waals surface area contributed by atoms with Gasteiger partial charge in [0.2, 0.25) is 11.9 Å². The molecule has 25 heavy (non-hydrogen) atoms. The molecule has 0 bridgehead atoms. The minimum Gasteiger partial charge on any atom is -0.394 e. The highest BCUT2D eigenvalue weighted by atomic mass is 16.6. The van der Waals surface area contributed by atoms with E-state index >= 15 is 0 Å². The predicted octanol–water partition coefficient (Wildman–Crippen LogP) is -1.67. The van der Waals surface area contributed by atoms with E-state index in [1.165, 1.54) is 10.9 Å². The molecule has 1 fully saturated rings. The summed E-state index contributed by atoms with van der Waals surface area (Å²) in [4.78, 5) is 34.4. The fraction of sp³-hybridized carbons (Fsp3) is 0.571. The van der Waals surface area contributed by atoms with Crippen molar-refractivity contribution in [2.45, 2.75) is 38.4 Å². The van der Waals surface area contributed by atoms with Gasteiger partial charge in [0.15, 0.2) is 17.4 Å². The number of hydrogen-bond acceptors (Lipinski definition) is 8. The molecule has 0 unspecified atom stereocenters. The van der Waals surface area contributed by atoms with E-state index in [1.807, 2.05) is 0 Å². The van der Waals surface area contributed by atoms with Gasteiger partial charge in [0.1, 0.15) is 18.3 Å². The van der Waals surface area contributed by atoms with Crippen molar-refractivity contribution < 1.29 is 24.9 Å². The first-order valence-corrected chi connectivity index (χ1v) is 7.73. The Morgan fingerprint density at radius 3 is 2.76 bits per heavy atom. The summed E-state index contributed by atoms with van der Waals surface area (Å²) in [5.41, 5.74) is -0.521. The van der Waals surface area contributed by atoms with Crippen molar-refractivity contribution in [2.75, 3.05) is 11.9 Å². The predicted molar refractivity (Wildman–Crippen MR) is 84.6 cm³/mol. The maximum Gasteiger partial charge on any atom is 0.280 e. The minimum atomic E-state index is -1.34. The summed E-state index contributed by atoms with van der Waals surface area (Å²) in [7, 11) is 0. The van der Waals surface area contributed by atoms with Crippen molar-refractivity contribution in [3.05, 3.63) is 16.7 Å². The quantitative estimate of drug-likeness (QED) is 0.435. The fourth-order valence-corrected chi connectivity index (χ4v) is 2.54. The van der Waals surface area contributed by atoms with Gasteiger partial charge in [-0.05, 0) is 0 Å². The fourth-order valence-electron chi connectivity index (χ4n) is 2.54. The molecule has 0 aromatic carbocycles. The first-order valence-electron chi connectivity index (χ1n) is 7.73. The second-order valence-corrected chi connectivity index (χ2v) is 6.11. The van der Waals surface area contributed by atoms with Crippen LogP contribution >= 0.6 is 0 Å². The van der Waals surface area contributed by atoms with Gasteiger partial charge in [-0.15, -0.1) is 0 Å². The number of nitrogens with one attached hydrogen (secondary N) is 2. The standard InChI is InChI=1S/C14H19N5O6/c1-5(2)11(23)17-14-16-10-7(12(24)18-14)15-4-19(10)13-9(22)8(21)6(3-20)25-13/h4-6,8-9,13,20-22H,3H2,1-2H3,(H2,16,17,18,23,24)/t6-,8+,9+,13+/m0/s1. The molecule has 1 aliphatic rings. The number of hydrogen-bond donors (Lipinski definition) is 5. The third kappa shape index (κ3) is 3.02. The van der Waals surface area contributed by atoms with Crippen molar-refractivity contribution in [1.29, 1.82) is 0 Å². The Bertz CT molecular complexity index is 846. The Morgan fingerprint density at radius 1 is 1.44 bits per heavy atom. The Kier molecular flexibility index (Phi) is 4.56. The Balaban J connectivity index is 2.01. The SMILES string of the molecule is CC(C)C(=O)Nc1nc2c(ncn2[C@@H]2O[C@@H](CO)[C@@H](O)[C@H]2O)c(=O)[nH]1. The molecule has 5 N–H and O–H groups in total. The summed E-state index contributed by atoms with van der Waals surface area (Å²) >= 11 is 0. The number of anilines is 1. The molecule has 4 atom stereocenters. The Labute approximate surface area is 141 Å². The van der Waals surface area contributed by atoms with Crippen molar-refractivity contribution in [3.8, 4) is 0 Å². The molecule has 1 aliphatic heterocycles. The third-order valence-corrected chi connectivity index (χ3v) is 3.99. The van der Waals surface area contributed by atoms with E-state index < -0.39 is 36.7 Å². The Hall–Kier alpha value is -2.34. The van der Waals surface area contributed by atoms with Crippen LogP contribution in [0.25, 0.3) is 11.2 Å². The van der Waals surface area contributed by atoms with Crippen LogP contribution in [0.1, 0.15) is 20.1 Å². The summed E-state index contributed by atoms with van der Waals surface area (Å²) in [5.74, 6) is -0.711. The van der Waals surface area contributed by atoms with Gasteiger partial charge in [-0.25, -0.2) is 4.98 Å². The maximum absolute atomic E-state index is 12.1. The zero-order valence-corrected chi connectivity index (χ0v) is 13.6. The lowest BCUT2D eigenvalue weighted by molar-refractivity contribution is -0.118. The van der Waals surface area contributed by atoms with E-state index in [9.17, 15) is 24.9 Å². The molecule has 11 heteroatoms. The van der Waals surface area contributed by atoms with Crippen LogP contribution < -0.4 is 10.9 Å². The summed E-state index contributed by atoms with van der Waals surface area (Å²) in [6, 6.07) is 0. The molecule has 3 rings (SSSR count). The number of rotatable bonds is 4. The topological polar surface area (TPSA) is 163 Å². The van der Waals surface area contributed by atoms with Crippen molar-refractivity contribution >= 4 is 23.0 Å². The molecule has 1 saturated heterocycles. The molecule has 2 aromatic heterocycles. The number of nitrogens with zero attached hydrogens (tertiary/aromatic N) is 3. The molecule has 11 nitrogen and oxygen atoms in total. The number of fused-ring (bicyclic) bond motifs is 1. The van der Waals surface area contributed by atoms with Crippen molar-refractivity contribution in [2.24, 2.45) is 5.92 Å². The number of aromatic nitrogens is 4. The first kappa shape index (κ1) is 17.5. The van der Waals surface area contributed by atoms with Crippen LogP contribution in [0.5, 0.6) is 0 Å². The maximum atomic E-state index is 12.1. The number of carbonyl (C=O) groups is 1. The van der Waals surface area contributed by atoms with Gasteiger partial charge in [0.05, 0.1) is 12.9 Å². The van der Waals surface area contributed by atoms with Crippen LogP contribution in [-0.2, 0) is 9.53 Å². The molecule has 0 aliphatic carbocycles. The van der Waals surface area contributed by atoms with Crippen LogP contribution in [0.4, 0.5) is 5.95 Å². The normalized spacial score (nSPS) is 26.5. The number of aliphatic hydroxyl groups excluding tert-OH is 3. The monoisotopic (exact) mass is 353 g/mol. The Morgan fingerprint density at radius 2 is 2.16 bits per heavy atom. The number of H-pyrrole nitrogens is 1. The third-order valence-electron chi connectivity index (χ3n) is 3.99. The lowest BCUT2D eigenvalue weighted by Gasteiger charge is -2.16. The lowest BCUT2D eigenvalue weighted by atomic mass is 10.1. The smallest absolute Gasteiger partial charge is 0.280 e. The van der Waals surface area contributed by atoms with E-state index in [4.69, 9.17) is 4.74 Å². The van der Waals surface area contributed by atoms with Crippen LogP contribution in [-0.4, -0.2) is 65.7 Å². The summed E-state index contributed by atoms with van der Waals surface area (Å²) < 4.78 is 6.70. The van der Waals surface area contributed by atoms with Gasteiger partial charge in [-0.1, -0.05) is 13.8 Å². The van der Waals surface area contributed by atoms with Crippen LogP contribution in [0.2, 0.25) is 0 Å². The second kappa shape index (κ2) is 6.52. The van der Waals surface area contributed by atoms with Crippen LogP contribution in [0.3, 0.4) is 0 Å². The first-order chi connectivity index (χ1) is 11.8. The summed E-state index contributed by atoms with van der Waals surface area (Å²) in [5, 5.41) is 31.7. The highest BCUT2D eigenvalue weighted by molar-refractivity contribution is 5.91. The molecule has 0 spiro atoms. The zero-order chi connectivity index (χ0) is 18.3. The number of ether oxygens (including phenoxy) is 1. The minimum absolute atomic E-state index is 0.0136. The van der Waals surface area contributed by atoms with E-state index in [0.29, 0.717) is 0 Å². The summed E-state index contributed by atoms with van der Waals surface area (Å²) in [6.07, 6.45) is -3.46. The van der Waals surface area contributed by atoms with E-state index in [1.54, 1.807) is 13.8 Å². The average Bonchev–Trinajstić information content (AvgIpc) is 3.10. The van der Waals surface area contributed by atoms with E-state index in [2.05, 4.69) is 20.3 Å². The molecule has 2 aromatic rings. The zero-order valence-electron chi connectivity index (χ0n) is 13.6. The van der Waals surface area contributed by atoms with Gasteiger partial charge in [0, 0.05) is 5.92 Å². The number of aromatic amines is 1. The number of imidazole rings is 1. The second-order valence-electron chi connectivity index (χ2n) is 6.11. The molecule has 0 saturated carbocycles. The molecule has 0 radical (unpaired) electrons. The lowest BCUT2D eigenvalue weighted by Crippen LogP contribution is -2.33. The van der Waals surface area contributed by atoms with E-state index in [0.717, 1.165) is 0 Å². The molecule has 136 valence electrons. The van der Waals surface area contributed by atoms with E-state index in [-0.39, 0.29) is 28.9 Å². The molecule has 1 amide bonds. The van der Waals surface area contributed by atoms with Crippen molar-refractivity contribution in [3.63, 3.8) is 0 Å². The van der Waals surface area contributed by atoms with Gasteiger partial charge >= 0.3 is 0 Å². The van der Waals surface area contributed by atoms with Gasteiger partial charge < -0.3 is 20.1 Å². The highest BCUT2D eigenvalue weighted by Gasteiger charge is 2.44. The number of aliphatic hydroxyl groups is 3. The molecular weight excluding hydrogens is 334 g/mol. The number of amides is 1. The molecular formula is C14H19N5O6. The van der Waals surface area contributed by atoms with Gasteiger partial charge in [-0.3, -0.25) is 24.5 Å². The van der Waals surface area contributed by atoms with Crippen LogP contribution in [0, 0.1) is 5.92 Å². The van der Waals surface area contributed by atoms with Gasteiger partial charge in [0.25, 0.3) is 5.56 Å². The summed E-state index contributed by atoms with van der Waals surface area (Å²) in [6.45, 7) is 2.90. The van der Waals surface area contributed by atoms with Crippen molar-refractivity contribution in [1.82, 2.24) is 19.5 Å².